The third-order valence-electron chi connectivity index (χ3n) is 3.15. The van der Waals surface area contributed by atoms with Crippen LogP contribution in [0.15, 0.2) is 0 Å². The van der Waals surface area contributed by atoms with Crippen molar-refractivity contribution < 1.29 is 14.7 Å². The lowest BCUT2D eigenvalue weighted by atomic mass is 10.1. The standard InChI is InChI=1S/C12H24N2O3/c1-6-8(3)13-11(15)9(4)14(5)10(7-2)12(16)17/h8-10H,6-7H2,1-5H3,(H,13,15)(H,16,17). The summed E-state index contributed by atoms with van der Waals surface area (Å²) < 4.78 is 0. The first kappa shape index (κ1) is 15.9. The fourth-order valence-corrected chi connectivity index (χ4v) is 1.56. The SMILES string of the molecule is CCC(C)NC(=O)C(C)N(C)C(CC)C(=O)O. The van der Waals surface area contributed by atoms with Crippen molar-refractivity contribution in [1.82, 2.24) is 10.2 Å². The van der Waals surface area contributed by atoms with E-state index in [2.05, 4.69) is 5.32 Å². The van der Waals surface area contributed by atoms with E-state index < -0.39 is 18.1 Å². The monoisotopic (exact) mass is 244 g/mol. The molecule has 0 radical (unpaired) electrons. The molecule has 0 aliphatic carbocycles. The van der Waals surface area contributed by atoms with Gasteiger partial charge in [0.15, 0.2) is 0 Å². The Morgan fingerprint density at radius 3 is 2.12 bits per heavy atom. The number of carboxylic acids is 1. The Labute approximate surface area is 103 Å². The molecule has 0 saturated heterocycles. The van der Waals surface area contributed by atoms with Gasteiger partial charge < -0.3 is 10.4 Å². The molecule has 5 heteroatoms. The number of nitrogens with zero attached hydrogens (tertiary/aromatic N) is 1. The highest BCUT2D eigenvalue weighted by Crippen LogP contribution is 2.07. The summed E-state index contributed by atoms with van der Waals surface area (Å²) in [5, 5.41) is 11.9. The molecule has 0 bridgehead atoms. The number of amides is 1. The van der Waals surface area contributed by atoms with E-state index in [1.165, 1.54) is 0 Å². The number of hydrogen-bond donors (Lipinski definition) is 2. The molecule has 0 spiro atoms. The average molecular weight is 244 g/mol. The predicted octanol–water partition coefficient (Wildman–Crippen LogP) is 1.08. The molecule has 0 rings (SSSR count). The average Bonchev–Trinajstić information content (AvgIpc) is 2.27. The van der Waals surface area contributed by atoms with Crippen LogP contribution in [-0.2, 0) is 9.59 Å². The van der Waals surface area contributed by atoms with Crippen LogP contribution in [0.4, 0.5) is 0 Å². The van der Waals surface area contributed by atoms with Crippen molar-refractivity contribution in [3.63, 3.8) is 0 Å². The largest absolute Gasteiger partial charge is 0.480 e. The van der Waals surface area contributed by atoms with Crippen molar-refractivity contribution in [3.8, 4) is 0 Å². The molecule has 2 N–H and O–H groups in total. The van der Waals surface area contributed by atoms with Crippen LogP contribution in [0, 0.1) is 0 Å². The minimum absolute atomic E-state index is 0.114. The fourth-order valence-electron chi connectivity index (χ4n) is 1.56. The lowest BCUT2D eigenvalue weighted by Gasteiger charge is -2.29. The lowest BCUT2D eigenvalue weighted by molar-refractivity contribution is -0.144. The molecule has 0 heterocycles. The molecule has 17 heavy (non-hydrogen) atoms. The number of likely N-dealkylation sites (N-methyl/N-ethyl adjacent to an activating group) is 1. The Balaban J connectivity index is 4.52. The topological polar surface area (TPSA) is 69.6 Å². The van der Waals surface area contributed by atoms with Gasteiger partial charge in [0.2, 0.25) is 5.91 Å². The Morgan fingerprint density at radius 2 is 1.76 bits per heavy atom. The molecular weight excluding hydrogens is 220 g/mol. The molecule has 0 fully saturated rings. The van der Waals surface area contributed by atoms with Crippen molar-refractivity contribution >= 4 is 11.9 Å². The van der Waals surface area contributed by atoms with E-state index in [-0.39, 0.29) is 11.9 Å². The first-order valence-electron chi connectivity index (χ1n) is 6.10. The number of nitrogens with one attached hydrogen (secondary N) is 1. The first-order chi connectivity index (χ1) is 7.84. The van der Waals surface area contributed by atoms with E-state index >= 15 is 0 Å². The number of aliphatic carboxylic acids is 1. The van der Waals surface area contributed by atoms with E-state index in [9.17, 15) is 9.59 Å². The Kier molecular flexibility index (Phi) is 6.80. The summed E-state index contributed by atoms with van der Waals surface area (Å²) in [5.41, 5.74) is 0. The second kappa shape index (κ2) is 7.27. The number of hydrogen-bond acceptors (Lipinski definition) is 3. The van der Waals surface area contributed by atoms with Crippen LogP contribution >= 0.6 is 0 Å². The van der Waals surface area contributed by atoms with Gasteiger partial charge in [-0.2, -0.15) is 0 Å². The summed E-state index contributed by atoms with van der Waals surface area (Å²) in [6.45, 7) is 7.45. The molecule has 5 nitrogen and oxygen atoms in total. The molecule has 100 valence electrons. The molecular formula is C12H24N2O3. The maximum absolute atomic E-state index is 11.9. The molecule has 0 aromatic rings. The van der Waals surface area contributed by atoms with Crippen molar-refractivity contribution in [3.05, 3.63) is 0 Å². The highest BCUT2D eigenvalue weighted by molar-refractivity contribution is 5.82. The van der Waals surface area contributed by atoms with Crippen LogP contribution in [-0.4, -0.2) is 47.1 Å². The summed E-state index contributed by atoms with van der Waals surface area (Å²) >= 11 is 0. The summed E-state index contributed by atoms with van der Waals surface area (Å²) in [5.74, 6) is -1.01. The van der Waals surface area contributed by atoms with Crippen LogP contribution in [0.1, 0.15) is 40.5 Å². The lowest BCUT2D eigenvalue weighted by Crippen LogP contribution is -2.51. The highest BCUT2D eigenvalue weighted by Gasteiger charge is 2.28. The zero-order chi connectivity index (χ0) is 13.6. The van der Waals surface area contributed by atoms with Gasteiger partial charge in [-0.3, -0.25) is 14.5 Å². The summed E-state index contributed by atoms with van der Waals surface area (Å²) in [6.07, 6.45) is 1.34. The maximum Gasteiger partial charge on any atom is 0.320 e. The van der Waals surface area contributed by atoms with Crippen molar-refractivity contribution in [2.75, 3.05) is 7.05 Å². The van der Waals surface area contributed by atoms with Gasteiger partial charge in [-0.15, -0.1) is 0 Å². The summed E-state index contributed by atoms with van der Waals surface area (Å²) in [4.78, 5) is 24.5. The Morgan fingerprint density at radius 1 is 1.24 bits per heavy atom. The normalized spacial score (nSPS) is 16.4. The summed E-state index contributed by atoms with van der Waals surface area (Å²) in [7, 11) is 1.67. The number of carbonyl (C=O) groups is 2. The van der Waals surface area contributed by atoms with Gasteiger partial charge in [-0.05, 0) is 33.7 Å². The van der Waals surface area contributed by atoms with E-state index in [1.807, 2.05) is 13.8 Å². The van der Waals surface area contributed by atoms with Gasteiger partial charge in [0, 0.05) is 6.04 Å². The fraction of sp³-hybridized carbons (Fsp3) is 0.833. The van der Waals surface area contributed by atoms with E-state index in [0.717, 1.165) is 6.42 Å². The number of carboxylic acid groups (broad SMARTS) is 1. The highest BCUT2D eigenvalue weighted by atomic mass is 16.4. The molecule has 0 aliphatic heterocycles. The van der Waals surface area contributed by atoms with Gasteiger partial charge in [0.1, 0.15) is 6.04 Å². The van der Waals surface area contributed by atoms with E-state index in [1.54, 1.807) is 25.8 Å². The van der Waals surface area contributed by atoms with Crippen LogP contribution in [0.2, 0.25) is 0 Å². The van der Waals surface area contributed by atoms with Crippen LogP contribution in [0.5, 0.6) is 0 Å². The molecule has 1 amide bonds. The van der Waals surface area contributed by atoms with Gasteiger partial charge in [0.25, 0.3) is 0 Å². The quantitative estimate of drug-likeness (QED) is 0.703. The van der Waals surface area contributed by atoms with Crippen LogP contribution in [0.25, 0.3) is 0 Å². The Hall–Kier alpha value is -1.10. The summed E-state index contributed by atoms with van der Waals surface area (Å²) in [6, 6.07) is -0.944. The van der Waals surface area contributed by atoms with Gasteiger partial charge >= 0.3 is 5.97 Å². The van der Waals surface area contributed by atoms with E-state index in [0.29, 0.717) is 6.42 Å². The predicted molar refractivity (Wildman–Crippen MR) is 66.8 cm³/mol. The van der Waals surface area contributed by atoms with E-state index in [4.69, 9.17) is 5.11 Å². The van der Waals surface area contributed by atoms with Crippen molar-refractivity contribution in [2.24, 2.45) is 0 Å². The molecule has 3 atom stereocenters. The molecule has 0 saturated carbocycles. The number of rotatable bonds is 7. The van der Waals surface area contributed by atoms with Crippen molar-refractivity contribution in [1.29, 1.82) is 0 Å². The molecule has 0 aliphatic rings. The molecule has 0 aromatic heterocycles. The van der Waals surface area contributed by atoms with Crippen molar-refractivity contribution in [2.45, 2.75) is 58.7 Å². The van der Waals surface area contributed by atoms with Gasteiger partial charge in [-0.1, -0.05) is 13.8 Å². The molecule has 3 unspecified atom stereocenters. The van der Waals surface area contributed by atoms with Crippen LogP contribution < -0.4 is 5.32 Å². The minimum atomic E-state index is -0.891. The minimum Gasteiger partial charge on any atom is -0.480 e. The second-order valence-electron chi connectivity index (χ2n) is 4.42. The first-order valence-corrected chi connectivity index (χ1v) is 6.10. The van der Waals surface area contributed by atoms with Gasteiger partial charge in [-0.25, -0.2) is 0 Å². The van der Waals surface area contributed by atoms with Crippen LogP contribution in [0.3, 0.4) is 0 Å². The second-order valence-corrected chi connectivity index (χ2v) is 4.42. The zero-order valence-corrected chi connectivity index (χ0v) is 11.4. The zero-order valence-electron chi connectivity index (χ0n) is 11.4. The van der Waals surface area contributed by atoms with Gasteiger partial charge in [0.05, 0.1) is 6.04 Å². The molecule has 0 aromatic carbocycles. The smallest absolute Gasteiger partial charge is 0.320 e. The third-order valence-corrected chi connectivity index (χ3v) is 3.15. The Bertz CT molecular complexity index is 268. The number of carbonyl (C=O) groups excluding carboxylic acids is 1. The third kappa shape index (κ3) is 4.73. The maximum atomic E-state index is 11.9.